The highest BCUT2D eigenvalue weighted by Crippen LogP contribution is 2.68. The summed E-state index contributed by atoms with van der Waals surface area (Å²) in [5.41, 5.74) is 18.7. The summed E-state index contributed by atoms with van der Waals surface area (Å²) >= 11 is 1.89. The minimum Gasteiger partial charge on any atom is -0.228 e. The molecule has 0 fully saturated rings. The zero-order valence-corrected chi connectivity index (χ0v) is 33.7. The molecule has 3 aliphatic rings. The van der Waals surface area contributed by atoms with Crippen molar-refractivity contribution in [2.75, 3.05) is 0 Å². The van der Waals surface area contributed by atoms with Crippen LogP contribution in [-0.4, -0.2) is 9.97 Å². The highest BCUT2D eigenvalue weighted by molar-refractivity contribution is 7.26. The van der Waals surface area contributed by atoms with Crippen LogP contribution in [0.15, 0.2) is 206 Å². The van der Waals surface area contributed by atoms with Crippen molar-refractivity contribution in [1.82, 2.24) is 9.97 Å². The van der Waals surface area contributed by atoms with E-state index < -0.39 is 10.8 Å². The number of nitrogens with zero attached hydrogens (tertiary/aromatic N) is 2. The molecule has 2 heterocycles. The quantitative estimate of drug-likeness (QED) is 0.174. The standard InChI is InChI=1S/C58H34N2S/c1-2-16-35(17-3-1)55-39-20-6-14-28-50(39)59-56(60-55)36-30-31-44-41(34-36)53-49(32-33-52-54(53)40-21-7-15-29-51(40)61-52)58(44)47-26-12-10-24-45(47)57(46-25-11-13-27-48(46)58)42-22-8-4-18-37(42)38-19-5-9-23-43(38)57/h1-34H. The molecule has 11 aromatic rings. The van der Waals surface area contributed by atoms with E-state index in [0.29, 0.717) is 0 Å². The molecule has 14 rings (SSSR count). The van der Waals surface area contributed by atoms with E-state index in [0.717, 1.165) is 33.5 Å². The van der Waals surface area contributed by atoms with Gasteiger partial charge in [-0.1, -0.05) is 182 Å². The zero-order chi connectivity index (χ0) is 39.9. The van der Waals surface area contributed by atoms with Gasteiger partial charge in [0.2, 0.25) is 0 Å². The first-order valence-corrected chi connectivity index (χ1v) is 21.9. The lowest BCUT2D eigenvalue weighted by molar-refractivity contribution is 0.633. The van der Waals surface area contributed by atoms with E-state index in [1.165, 1.54) is 86.9 Å². The first kappa shape index (κ1) is 33.4. The Morgan fingerprint density at radius 3 is 1.56 bits per heavy atom. The molecule has 0 saturated heterocycles. The average Bonchev–Trinajstić information content (AvgIpc) is 3.96. The summed E-state index contributed by atoms with van der Waals surface area (Å²) in [4.78, 5) is 10.7. The molecule has 61 heavy (non-hydrogen) atoms. The number of rotatable bonds is 2. The van der Waals surface area contributed by atoms with E-state index in [2.05, 4.69) is 206 Å². The fourth-order valence-electron chi connectivity index (χ4n) is 11.8. The van der Waals surface area contributed by atoms with Crippen LogP contribution in [0.2, 0.25) is 0 Å². The number of hydrogen-bond acceptors (Lipinski definition) is 3. The van der Waals surface area contributed by atoms with Crippen molar-refractivity contribution in [2.45, 2.75) is 10.8 Å². The second-order valence-electron chi connectivity index (χ2n) is 16.7. The maximum Gasteiger partial charge on any atom is 0.160 e. The topological polar surface area (TPSA) is 25.8 Å². The number of fused-ring (bicyclic) bond motifs is 21. The van der Waals surface area contributed by atoms with Crippen LogP contribution in [0.4, 0.5) is 0 Å². The predicted molar refractivity (Wildman–Crippen MR) is 251 cm³/mol. The third-order valence-corrected chi connectivity index (χ3v) is 15.1. The van der Waals surface area contributed by atoms with Crippen molar-refractivity contribution in [3.8, 4) is 44.9 Å². The van der Waals surface area contributed by atoms with Crippen molar-refractivity contribution in [3.63, 3.8) is 0 Å². The minimum absolute atomic E-state index is 0.486. The van der Waals surface area contributed by atoms with Gasteiger partial charge in [0.15, 0.2) is 5.82 Å². The van der Waals surface area contributed by atoms with Crippen molar-refractivity contribution in [1.29, 1.82) is 0 Å². The maximum atomic E-state index is 5.38. The van der Waals surface area contributed by atoms with E-state index in [9.17, 15) is 0 Å². The minimum atomic E-state index is -0.592. The first-order chi connectivity index (χ1) is 30.3. The van der Waals surface area contributed by atoms with Gasteiger partial charge in [-0.2, -0.15) is 0 Å². The molecule has 0 bridgehead atoms. The van der Waals surface area contributed by atoms with E-state index in [1.54, 1.807) is 0 Å². The highest BCUT2D eigenvalue weighted by atomic mass is 32.1. The van der Waals surface area contributed by atoms with Crippen LogP contribution >= 0.6 is 11.3 Å². The highest BCUT2D eigenvalue weighted by Gasteiger charge is 2.59. The summed E-state index contributed by atoms with van der Waals surface area (Å²) in [6, 6.07) is 76.7. The number of aromatic nitrogens is 2. The molecule has 2 aromatic heterocycles. The van der Waals surface area contributed by atoms with Gasteiger partial charge in [0.1, 0.15) is 0 Å². The Labute approximate surface area is 357 Å². The van der Waals surface area contributed by atoms with Crippen molar-refractivity contribution < 1.29 is 0 Å². The smallest absolute Gasteiger partial charge is 0.160 e. The lowest BCUT2D eigenvalue weighted by Crippen LogP contribution is -2.43. The number of benzene rings is 9. The fourth-order valence-corrected chi connectivity index (χ4v) is 12.9. The predicted octanol–water partition coefficient (Wildman–Crippen LogP) is 14.4. The van der Waals surface area contributed by atoms with E-state index in [4.69, 9.17) is 9.97 Å². The molecule has 0 amide bonds. The Morgan fingerprint density at radius 1 is 0.344 bits per heavy atom. The Kier molecular flexibility index (Phi) is 6.60. The second kappa shape index (κ2) is 12.1. The molecule has 2 spiro atoms. The third-order valence-electron chi connectivity index (χ3n) is 14.0. The largest absolute Gasteiger partial charge is 0.228 e. The van der Waals surface area contributed by atoms with E-state index in [-0.39, 0.29) is 0 Å². The molecular formula is C58H34N2S. The van der Waals surface area contributed by atoms with Gasteiger partial charge in [-0.25, -0.2) is 9.97 Å². The van der Waals surface area contributed by atoms with Crippen LogP contribution in [-0.2, 0) is 10.8 Å². The van der Waals surface area contributed by atoms with Crippen molar-refractivity contribution in [2.24, 2.45) is 0 Å². The summed E-state index contributed by atoms with van der Waals surface area (Å²) < 4.78 is 2.60. The van der Waals surface area contributed by atoms with Crippen LogP contribution in [0.3, 0.4) is 0 Å². The molecular weight excluding hydrogens is 757 g/mol. The molecule has 0 saturated carbocycles. The van der Waals surface area contributed by atoms with Crippen LogP contribution in [0.1, 0.15) is 44.5 Å². The third kappa shape index (κ3) is 4.12. The number of thiophene rings is 1. The van der Waals surface area contributed by atoms with Crippen LogP contribution in [0.25, 0.3) is 76.0 Å². The Morgan fingerprint density at radius 2 is 0.869 bits per heavy atom. The Bertz CT molecular complexity index is 3580. The summed E-state index contributed by atoms with van der Waals surface area (Å²) in [7, 11) is 0. The summed E-state index contributed by atoms with van der Waals surface area (Å²) in [5.74, 6) is 0.729. The monoisotopic (exact) mass is 790 g/mol. The van der Waals surface area contributed by atoms with Crippen LogP contribution < -0.4 is 0 Å². The molecule has 0 radical (unpaired) electrons. The molecule has 0 atom stereocenters. The van der Waals surface area contributed by atoms with Crippen LogP contribution in [0.5, 0.6) is 0 Å². The molecule has 2 nitrogen and oxygen atoms in total. The summed E-state index contributed by atoms with van der Waals surface area (Å²) in [6.45, 7) is 0. The van der Waals surface area contributed by atoms with Crippen molar-refractivity contribution in [3.05, 3.63) is 251 Å². The van der Waals surface area contributed by atoms with Gasteiger partial charge >= 0.3 is 0 Å². The van der Waals surface area contributed by atoms with Crippen LogP contribution in [0, 0.1) is 0 Å². The van der Waals surface area contributed by atoms with E-state index in [1.807, 2.05) is 11.3 Å². The van der Waals surface area contributed by atoms with Gasteiger partial charge in [-0.15, -0.1) is 11.3 Å². The normalized spacial score (nSPS) is 14.5. The number of para-hydroxylation sites is 1. The van der Waals surface area contributed by atoms with Gasteiger partial charge in [0.25, 0.3) is 0 Å². The molecule has 0 unspecified atom stereocenters. The summed E-state index contributed by atoms with van der Waals surface area (Å²) in [5, 5.41) is 3.67. The molecule has 0 aliphatic heterocycles. The Hall–Kier alpha value is -7.46. The van der Waals surface area contributed by atoms with Gasteiger partial charge in [-0.3, -0.25) is 0 Å². The molecule has 282 valence electrons. The van der Waals surface area contributed by atoms with Gasteiger partial charge in [0.05, 0.1) is 22.0 Å². The molecule has 3 heteroatoms. The zero-order valence-electron chi connectivity index (χ0n) is 32.9. The molecule has 0 N–H and O–H groups in total. The van der Waals surface area contributed by atoms with Gasteiger partial charge in [-0.05, 0) is 91.0 Å². The van der Waals surface area contributed by atoms with Gasteiger partial charge in [0, 0.05) is 36.7 Å². The Balaban J connectivity index is 1.12. The van der Waals surface area contributed by atoms with Crippen molar-refractivity contribution >= 4 is 42.4 Å². The van der Waals surface area contributed by atoms with Gasteiger partial charge < -0.3 is 0 Å². The average molecular weight is 791 g/mol. The molecule has 9 aromatic carbocycles. The SMILES string of the molecule is c1ccc(-c2nc(-c3ccc4c(c3)-c3c(ccc5sc6ccccc6c35)C43c4ccccc4C4(c5ccccc5-c5ccccc54)c4ccccc43)nc3ccccc23)cc1. The summed E-state index contributed by atoms with van der Waals surface area (Å²) in [6.07, 6.45) is 0. The number of hydrogen-bond donors (Lipinski definition) is 0. The fraction of sp³-hybridized carbons (Fsp3) is 0.0345. The lowest BCUT2D eigenvalue weighted by Gasteiger charge is -2.48. The maximum absolute atomic E-state index is 5.38. The molecule has 3 aliphatic carbocycles. The second-order valence-corrected chi connectivity index (χ2v) is 17.8. The van der Waals surface area contributed by atoms with E-state index >= 15 is 0 Å². The lowest BCUT2D eigenvalue weighted by atomic mass is 9.52. The first-order valence-electron chi connectivity index (χ1n) is 21.1.